The van der Waals surface area contributed by atoms with Crippen LogP contribution in [0.25, 0.3) is 0 Å². The Morgan fingerprint density at radius 1 is 1.38 bits per heavy atom. The molecule has 0 aliphatic rings. The first-order valence-electron chi connectivity index (χ1n) is 5.37. The predicted octanol–water partition coefficient (Wildman–Crippen LogP) is 3.47. The molecule has 2 aromatic rings. The highest BCUT2D eigenvalue weighted by atomic mass is 35.5. The van der Waals surface area contributed by atoms with E-state index in [1.807, 2.05) is 0 Å². The van der Waals surface area contributed by atoms with E-state index in [1.165, 1.54) is 6.07 Å². The second-order valence-electron chi connectivity index (χ2n) is 3.73. The highest BCUT2D eigenvalue weighted by Gasteiger charge is 2.34. The monoisotopic (exact) mass is 337 g/mol. The number of nitrogens with one attached hydrogen (secondary N) is 1. The van der Waals surface area contributed by atoms with E-state index >= 15 is 0 Å². The Morgan fingerprint density at radius 2 is 2.10 bits per heavy atom. The second-order valence-corrected chi connectivity index (χ2v) is 5.29. The van der Waals surface area contributed by atoms with Gasteiger partial charge in [-0.3, -0.25) is 4.79 Å². The molecular weight excluding hydrogens is 331 g/mol. The van der Waals surface area contributed by atoms with Crippen LogP contribution < -0.4 is 10.1 Å². The molecule has 21 heavy (non-hydrogen) atoms. The van der Waals surface area contributed by atoms with Gasteiger partial charge in [-0.25, -0.2) is 0 Å². The highest BCUT2D eigenvalue weighted by Crippen LogP contribution is 2.37. The van der Waals surface area contributed by atoms with E-state index in [1.54, 1.807) is 0 Å². The summed E-state index contributed by atoms with van der Waals surface area (Å²) in [6.45, 7) is 0. The van der Waals surface area contributed by atoms with Crippen LogP contribution in [-0.4, -0.2) is 23.2 Å². The first-order valence-corrected chi connectivity index (χ1v) is 6.56. The number of nitrogens with zero attached hydrogens (tertiary/aromatic N) is 2. The Kier molecular flexibility index (Phi) is 4.33. The summed E-state index contributed by atoms with van der Waals surface area (Å²) in [5, 5.41) is 9.17. The van der Waals surface area contributed by atoms with Gasteiger partial charge < -0.3 is 10.1 Å². The Hall–Kier alpha value is -1.87. The molecule has 0 bridgehead atoms. The molecule has 1 amide bonds. The fraction of sp³-hybridized carbons (Fsp3) is 0.182. The van der Waals surface area contributed by atoms with Gasteiger partial charge in [-0.1, -0.05) is 11.3 Å². The van der Waals surface area contributed by atoms with Crippen molar-refractivity contribution in [3.05, 3.63) is 33.2 Å². The number of benzene rings is 1. The molecule has 5 nitrogen and oxygen atoms in total. The molecule has 112 valence electrons. The third-order valence-electron chi connectivity index (χ3n) is 2.36. The molecule has 0 saturated heterocycles. The van der Waals surface area contributed by atoms with Crippen molar-refractivity contribution in [3.8, 4) is 5.75 Å². The number of carbonyl (C=O) groups excluding carboxylic acids is 1. The number of carbonyl (C=O) groups is 1. The molecule has 0 fully saturated rings. The molecule has 0 atom stereocenters. The predicted molar refractivity (Wildman–Crippen MR) is 70.9 cm³/mol. The SMILES string of the molecule is COc1ccc(NC(=O)c2nnc(Cl)s2)cc1C(F)(F)F. The van der Waals surface area contributed by atoms with Gasteiger partial charge in [-0.2, -0.15) is 13.2 Å². The number of hydrogen-bond donors (Lipinski definition) is 1. The normalized spacial score (nSPS) is 11.3. The molecule has 1 aromatic heterocycles. The zero-order valence-corrected chi connectivity index (χ0v) is 11.9. The fourth-order valence-corrected chi connectivity index (χ4v) is 2.21. The number of methoxy groups -OCH3 is 1. The molecule has 2 rings (SSSR count). The second kappa shape index (κ2) is 5.86. The van der Waals surface area contributed by atoms with Gasteiger partial charge in [0.15, 0.2) is 0 Å². The van der Waals surface area contributed by atoms with Crippen molar-refractivity contribution in [1.29, 1.82) is 0 Å². The summed E-state index contributed by atoms with van der Waals surface area (Å²) in [4.78, 5) is 11.8. The molecule has 1 aromatic carbocycles. The van der Waals surface area contributed by atoms with Crippen molar-refractivity contribution in [2.45, 2.75) is 6.18 Å². The summed E-state index contributed by atoms with van der Waals surface area (Å²) in [7, 11) is 1.13. The molecule has 1 N–H and O–H groups in total. The topological polar surface area (TPSA) is 64.1 Å². The Balaban J connectivity index is 2.27. The van der Waals surface area contributed by atoms with Crippen molar-refractivity contribution in [2.75, 3.05) is 12.4 Å². The van der Waals surface area contributed by atoms with E-state index in [0.29, 0.717) is 0 Å². The lowest BCUT2D eigenvalue weighted by Gasteiger charge is -2.13. The molecule has 0 aliphatic heterocycles. The van der Waals surface area contributed by atoms with Gasteiger partial charge in [-0.15, -0.1) is 10.2 Å². The van der Waals surface area contributed by atoms with Gasteiger partial charge in [0.05, 0.1) is 12.7 Å². The Bertz CT molecular complexity index is 675. The van der Waals surface area contributed by atoms with Gasteiger partial charge in [0, 0.05) is 5.69 Å². The van der Waals surface area contributed by atoms with E-state index in [4.69, 9.17) is 11.6 Å². The summed E-state index contributed by atoms with van der Waals surface area (Å²) in [6, 6.07) is 3.18. The van der Waals surface area contributed by atoms with E-state index in [0.717, 1.165) is 30.6 Å². The summed E-state index contributed by atoms with van der Waals surface area (Å²) >= 11 is 6.35. The largest absolute Gasteiger partial charge is 0.496 e. The maximum absolute atomic E-state index is 12.8. The zero-order valence-electron chi connectivity index (χ0n) is 10.4. The maximum atomic E-state index is 12.8. The fourth-order valence-electron chi connectivity index (χ4n) is 1.49. The average molecular weight is 338 g/mol. The van der Waals surface area contributed by atoms with Crippen LogP contribution in [0.5, 0.6) is 5.75 Å². The molecule has 10 heteroatoms. The minimum atomic E-state index is -4.60. The summed E-state index contributed by atoms with van der Waals surface area (Å²) in [6.07, 6.45) is -4.60. The molecule has 1 heterocycles. The number of amides is 1. The molecular formula is C11H7ClF3N3O2S. The third-order valence-corrected chi connectivity index (χ3v) is 3.37. The molecule has 0 aliphatic carbocycles. The van der Waals surface area contributed by atoms with Crippen LogP contribution in [-0.2, 0) is 6.18 Å². The minimum Gasteiger partial charge on any atom is -0.496 e. The lowest BCUT2D eigenvalue weighted by atomic mass is 10.1. The maximum Gasteiger partial charge on any atom is 0.420 e. The van der Waals surface area contributed by atoms with Crippen molar-refractivity contribution >= 4 is 34.5 Å². The number of halogens is 4. The Labute approximate surface area is 125 Å². The lowest BCUT2D eigenvalue weighted by molar-refractivity contribution is -0.138. The zero-order chi connectivity index (χ0) is 15.6. The van der Waals surface area contributed by atoms with E-state index in [2.05, 4.69) is 20.3 Å². The summed E-state index contributed by atoms with van der Waals surface area (Å²) in [5.74, 6) is -1.03. The highest BCUT2D eigenvalue weighted by molar-refractivity contribution is 7.17. The number of anilines is 1. The summed E-state index contributed by atoms with van der Waals surface area (Å²) < 4.78 is 43.3. The van der Waals surface area contributed by atoms with Crippen molar-refractivity contribution in [3.63, 3.8) is 0 Å². The minimum absolute atomic E-state index is 0.0422. The molecule has 0 unspecified atom stereocenters. The number of hydrogen-bond acceptors (Lipinski definition) is 5. The number of rotatable bonds is 3. The van der Waals surface area contributed by atoms with E-state index in [9.17, 15) is 18.0 Å². The quantitative estimate of drug-likeness (QED) is 0.931. The molecule has 0 saturated carbocycles. The van der Waals surface area contributed by atoms with Crippen molar-refractivity contribution in [1.82, 2.24) is 10.2 Å². The molecule has 0 spiro atoms. The van der Waals surface area contributed by atoms with Gasteiger partial charge in [0.2, 0.25) is 9.47 Å². The van der Waals surface area contributed by atoms with E-state index < -0.39 is 17.6 Å². The van der Waals surface area contributed by atoms with Crippen LogP contribution in [0.15, 0.2) is 18.2 Å². The lowest BCUT2D eigenvalue weighted by Crippen LogP contribution is -2.13. The first-order chi connectivity index (χ1) is 9.81. The van der Waals surface area contributed by atoms with Crippen molar-refractivity contribution in [2.24, 2.45) is 0 Å². The standard InChI is InChI=1S/C11H7ClF3N3O2S/c1-20-7-3-2-5(4-6(7)11(13,14)15)16-8(19)9-17-18-10(12)21-9/h2-4H,1H3,(H,16,19). The number of aromatic nitrogens is 2. The number of alkyl halides is 3. The van der Waals surface area contributed by atoms with E-state index in [-0.39, 0.29) is 20.9 Å². The van der Waals surface area contributed by atoms with Gasteiger partial charge >= 0.3 is 6.18 Å². The molecule has 0 radical (unpaired) electrons. The van der Waals surface area contributed by atoms with Crippen LogP contribution in [0.2, 0.25) is 4.47 Å². The Morgan fingerprint density at radius 3 is 2.62 bits per heavy atom. The van der Waals surface area contributed by atoms with Crippen LogP contribution in [0, 0.1) is 0 Å². The number of ether oxygens (including phenoxy) is 1. The first kappa shape index (κ1) is 15.5. The van der Waals surface area contributed by atoms with Crippen LogP contribution in [0.1, 0.15) is 15.4 Å². The average Bonchev–Trinajstić information content (AvgIpc) is 2.84. The van der Waals surface area contributed by atoms with Gasteiger partial charge in [0.1, 0.15) is 5.75 Å². The van der Waals surface area contributed by atoms with Crippen LogP contribution in [0.4, 0.5) is 18.9 Å². The summed E-state index contributed by atoms with van der Waals surface area (Å²) in [5.41, 5.74) is -1.03. The van der Waals surface area contributed by atoms with Crippen LogP contribution in [0.3, 0.4) is 0 Å². The van der Waals surface area contributed by atoms with Gasteiger partial charge in [0.25, 0.3) is 5.91 Å². The van der Waals surface area contributed by atoms with Gasteiger partial charge in [-0.05, 0) is 29.8 Å². The third kappa shape index (κ3) is 3.61. The van der Waals surface area contributed by atoms with Crippen molar-refractivity contribution < 1.29 is 22.7 Å². The van der Waals surface area contributed by atoms with Crippen LogP contribution >= 0.6 is 22.9 Å². The smallest absolute Gasteiger partial charge is 0.420 e.